The van der Waals surface area contributed by atoms with E-state index in [4.69, 9.17) is 29.1 Å². The van der Waals surface area contributed by atoms with Crippen LogP contribution >= 0.6 is 0 Å². The van der Waals surface area contributed by atoms with Gasteiger partial charge < -0.3 is 39.0 Å². The van der Waals surface area contributed by atoms with Gasteiger partial charge in [0.15, 0.2) is 11.5 Å². The molecule has 2 aromatic heterocycles. The molecule has 1 aliphatic carbocycles. The summed E-state index contributed by atoms with van der Waals surface area (Å²) in [4.78, 5) is 57.8. The Morgan fingerprint density at radius 3 is 2.32 bits per heavy atom. The number of anilines is 1. The number of rotatable bonds is 7. The second kappa shape index (κ2) is 18.4. The van der Waals surface area contributed by atoms with Crippen LogP contribution in [0.1, 0.15) is 65.7 Å². The Morgan fingerprint density at radius 2 is 1.66 bits per heavy atom. The second-order valence-electron chi connectivity index (χ2n) is 14.7. The SMILES string of the molecule is COc1cc2nc3c(cc2c(OC)c1OC)CN(S(=O)(=O)CC1CC1)CCCCN(C(=O)c1c(C)cc(C)n(C)c1=O)CC(=O)NCC1CCCN3C1.O=CO. The molecule has 4 heterocycles. The van der Waals surface area contributed by atoms with Crippen LogP contribution in [0.5, 0.6) is 17.2 Å². The van der Waals surface area contributed by atoms with Crippen molar-refractivity contribution in [2.75, 3.05) is 71.3 Å². The van der Waals surface area contributed by atoms with E-state index in [1.807, 2.05) is 6.07 Å². The van der Waals surface area contributed by atoms with E-state index < -0.39 is 21.5 Å². The van der Waals surface area contributed by atoms with Crippen molar-refractivity contribution in [2.45, 2.75) is 58.9 Å². The van der Waals surface area contributed by atoms with Crippen molar-refractivity contribution in [1.82, 2.24) is 24.1 Å². The zero-order chi connectivity index (χ0) is 40.7. The first kappa shape index (κ1) is 42.2. The maximum Gasteiger partial charge on any atom is 0.290 e. The minimum absolute atomic E-state index is 0.0397. The first-order chi connectivity index (χ1) is 26.8. The summed E-state index contributed by atoms with van der Waals surface area (Å²) in [6, 6.07) is 5.55. The van der Waals surface area contributed by atoms with E-state index in [1.54, 1.807) is 58.7 Å². The number of hydrogen-bond donors (Lipinski definition) is 2. The Hall–Kier alpha value is -4.90. The van der Waals surface area contributed by atoms with Crippen LogP contribution in [-0.4, -0.2) is 117 Å². The molecule has 3 aliphatic rings. The molecule has 2 aliphatic heterocycles. The Morgan fingerprint density at radius 1 is 0.964 bits per heavy atom. The standard InChI is InChI=1S/C38H52N6O8S.CH2O2/c1-24-16-25(2)41(3)37(46)33(24)38(47)43-13-7-8-15-44(53(48,49)23-26-11-12-26)21-28-17-29-30(18-31(50-4)35(52-6)34(29)51-5)40-36(28)42-14-9-10-27(20-42)19-39-32(45)22-43;2-1-3/h16-18,26-27H,7-15,19-23H2,1-6H3,(H,39,45);1H,(H,2,3). The Labute approximate surface area is 327 Å². The fraction of sp³-hybridized carbons (Fsp3) is 0.564. The summed E-state index contributed by atoms with van der Waals surface area (Å²) >= 11 is 0. The van der Waals surface area contributed by atoms with Gasteiger partial charge in [0, 0.05) is 69.0 Å². The molecule has 1 atom stereocenters. The van der Waals surface area contributed by atoms with Gasteiger partial charge in [0.1, 0.15) is 11.4 Å². The lowest BCUT2D eigenvalue weighted by molar-refractivity contribution is -0.123. The highest BCUT2D eigenvalue weighted by atomic mass is 32.2. The number of sulfonamides is 1. The fourth-order valence-electron chi connectivity index (χ4n) is 7.56. The number of benzene rings is 1. The van der Waals surface area contributed by atoms with Crippen molar-refractivity contribution < 1.29 is 42.1 Å². The second-order valence-corrected chi connectivity index (χ2v) is 16.8. The summed E-state index contributed by atoms with van der Waals surface area (Å²) < 4.78 is 48.3. The summed E-state index contributed by atoms with van der Waals surface area (Å²) in [5.74, 6) is 1.50. The highest BCUT2D eigenvalue weighted by Crippen LogP contribution is 2.44. The third-order valence-electron chi connectivity index (χ3n) is 10.8. The first-order valence-corrected chi connectivity index (χ1v) is 20.5. The van der Waals surface area contributed by atoms with Gasteiger partial charge in [0.25, 0.3) is 17.9 Å². The lowest BCUT2D eigenvalue weighted by Crippen LogP contribution is -2.46. The molecular formula is C39H54N6O10S. The number of hydrogen-bond acceptors (Lipinski definition) is 11. The Balaban J connectivity index is 0.00000194. The third-order valence-corrected chi connectivity index (χ3v) is 12.7. The van der Waals surface area contributed by atoms with Gasteiger partial charge in [-0.05, 0) is 81.9 Å². The molecule has 306 valence electrons. The van der Waals surface area contributed by atoms with Gasteiger partial charge in [-0.1, -0.05) is 0 Å². The number of aromatic nitrogens is 2. The van der Waals surface area contributed by atoms with Crippen LogP contribution in [0.3, 0.4) is 0 Å². The zero-order valence-corrected chi connectivity index (χ0v) is 33.9. The number of carbonyl (C=O) groups is 3. The lowest BCUT2D eigenvalue weighted by atomic mass is 9.97. The number of aryl methyl sites for hydroxylation is 2. The molecule has 6 rings (SSSR count). The van der Waals surface area contributed by atoms with Crippen LogP contribution in [-0.2, 0) is 33.2 Å². The van der Waals surface area contributed by atoms with Crippen molar-refractivity contribution in [3.8, 4) is 17.2 Å². The van der Waals surface area contributed by atoms with E-state index in [9.17, 15) is 22.8 Å². The van der Waals surface area contributed by atoms with E-state index in [2.05, 4.69) is 10.2 Å². The fourth-order valence-corrected chi connectivity index (χ4v) is 9.44. The van der Waals surface area contributed by atoms with Crippen molar-refractivity contribution >= 4 is 45.0 Å². The maximum absolute atomic E-state index is 14.1. The summed E-state index contributed by atoms with van der Waals surface area (Å²) in [6.45, 7) is 5.26. The molecular weight excluding hydrogens is 745 g/mol. The van der Waals surface area contributed by atoms with Crippen LogP contribution in [0.25, 0.3) is 10.9 Å². The first-order valence-electron chi connectivity index (χ1n) is 18.9. The molecule has 1 saturated carbocycles. The normalized spacial score (nSPS) is 18.6. The summed E-state index contributed by atoms with van der Waals surface area (Å²) in [6.07, 6.45) is 4.35. The number of carbonyl (C=O) groups excluding carboxylic acids is 2. The molecule has 1 unspecified atom stereocenters. The minimum atomic E-state index is -3.67. The molecule has 1 saturated heterocycles. The smallest absolute Gasteiger partial charge is 0.290 e. The van der Waals surface area contributed by atoms with Crippen molar-refractivity contribution in [3.05, 3.63) is 50.9 Å². The van der Waals surface area contributed by atoms with Gasteiger partial charge in [0.2, 0.25) is 21.7 Å². The van der Waals surface area contributed by atoms with Crippen LogP contribution in [0.4, 0.5) is 5.82 Å². The molecule has 17 heteroatoms. The molecule has 2 N–H and O–H groups in total. The van der Waals surface area contributed by atoms with Gasteiger partial charge in [-0.2, -0.15) is 4.31 Å². The van der Waals surface area contributed by atoms with E-state index in [0.717, 1.165) is 36.9 Å². The number of pyridine rings is 2. The number of nitrogens with zero attached hydrogens (tertiary/aromatic N) is 5. The number of ether oxygens (including phenoxy) is 3. The third kappa shape index (κ3) is 9.54. The number of piperidine rings is 1. The molecule has 0 radical (unpaired) electrons. The van der Waals surface area contributed by atoms with Gasteiger partial charge in [-0.25, -0.2) is 13.4 Å². The summed E-state index contributed by atoms with van der Waals surface area (Å²) in [5, 5.41) is 10.6. The van der Waals surface area contributed by atoms with Gasteiger partial charge in [0.05, 0.1) is 39.1 Å². The number of nitrogens with one attached hydrogen (secondary N) is 1. The zero-order valence-electron chi connectivity index (χ0n) is 33.1. The summed E-state index contributed by atoms with van der Waals surface area (Å²) in [7, 11) is 2.60. The summed E-state index contributed by atoms with van der Waals surface area (Å²) in [5.41, 5.74) is 2.27. The minimum Gasteiger partial charge on any atom is -0.493 e. The number of carboxylic acid groups (broad SMARTS) is 1. The van der Waals surface area contributed by atoms with E-state index >= 15 is 0 Å². The van der Waals surface area contributed by atoms with Crippen molar-refractivity contribution in [1.29, 1.82) is 0 Å². The molecule has 56 heavy (non-hydrogen) atoms. The lowest BCUT2D eigenvalue weighted by Gasteiger charge is -2.36. The Bertz CT molecular complexity index is 2100. The van der Waals surface area contributed by atoms with Crippen LogP contribution in [0.2, 0.25) is 0 Å². The quantitative estimate of drug-likeness (QED) is 0.333. The van der Waals surface area contributed by atoms with Crippen LogP contribution in [0.15, 0.2) is 23.0 Å². The van der Waals surface area contributed by atoms with Gasteiger partial charge >= 0.3 is 0 Å². The van der Waals surface area contributed by atoms with Crippen molar-refractivity contribution in [2.24, 2.45) is 18.9 Å². The molecule has 2 bridgehead atoms. The number of amides is 2. The molecule has 2 fully saturated rings. The topological polar surface area (TPSA) is 190 Å². The van der Waals surface area contributed by atoms with Gasteiger partial charge in [-0.3, -0.25) is 19.2 Å². The van der Waals surface area contributed by atoms with E-state index in [1.165, 1.54) is 9.47 Å². The monoisotopic (exact) mass is 798 g/mol. The average Bonchev–Trinajstić information content (AvgIpc) is 3.99. The van der Waals surface area contributed by atoms with Crippen LogP contribution in [0, 0.1) is 25.7 Å². The van der Waals surface area contributed by atoms with Gasteiger partial charge in [-0.15, -0.1) is 0 Å². The Kier molecular flexibility index (Phi) is 13.9. The van der Waals surface area contributed by atoms with E-state index in [0.29, 0.717) is 72.0 Å². The molecule has 2 amide bonds. The molecule has 1 aromatic carbocycles. The number of fused-ring (bicyclic) bond motifs is 5. The maximum atomic E-state index is 14.1. The predicted octanol–water partition coefficient (Wildman–Crippen LogP) is 3.09. The van der Waals surface area contributed by atoms with Crippen LogP contribution < -0.4 is 30.0 Å². The highest BCUT2D eigenvalue weighted by Gasteiger charge is 2.34. The largest absolute Gasteiger partial charge is 0.493 e. The average molecular weight is 799 g/mol. The van der Waals surface area contributed by atoms with Crippen molar-refractivity contribution in [3.63, 3.8) is 0 Å². The molecule has 0 spiro atoms. The predicted molar refractivity (Wildman–Crippen MR) is 211 cm³/mol. The molecule has 3 aromatic rings. The highest BCUT2D eigenvalue weighted by molar-refractivity contribution is 7.89. The number of methoxy groups -OCH3 is 3. The molecule has 16 nitrogen and oxygen atoms in total. The van der Waals surface area contributed by atoms with E-state index in [-0.39, 0.29) is 61.7 Å².